The Morgan fingerprint density at radius 3 is 2.17 bits per heavy atom. The number of aryl methyl sites for hydroxylation is 1. The molecule has 68 valence electrons. The largest absolute Gasteiger partial charge is 0.469 e. The van der Waals surface area contributed by atoms with Gasteiger partial charge >= 0.3 is 0 Å². The van der Waals surface area contributed by atoms with Gasteiger partial charge < -0.3 is 4.42 Å². The lowest BCUT2D eigenvalue weighted by atomic mass is 10.2. The average Bonchev–Trinajstić information content (AvgIpc) is 2.16. The molecule has 2 heteroatoms. The van der Waals surface area contributed by atoms with Crippen molar-refractivity contribution < 1.29 is 4.42 Å². The van der Waals surface area contributed by atoms with Crippen LogP contribution >= 0.6 is 0 Å². The fraction of sp³-hybridized carbons (Fsp3) is 0.600. The van der Waals surface area contributed by atoms with E-state index in [4.69, 9.17) is 4.42 Å². The molecule has 1 nitrogen and oxygen atoms in total. The van der Waals surface area contributed by atoms with Crippen molar-refractivity contribution in [2.75, 3.05) is 0 Å². The highest BCUT2D eigenvalue weighted by Crippen LogP contribution is 2.19. The zero-order chi connectivity index (χ0) is 9.35. The summed E-state index contributed by atoms with van der Waals surface area (Å²) < 4.78 is 5.36. The number of hydrogen-bond donors (Lipinski definition) is 0. The fourth-order valence-corrected chi connectivity index (χ4v) is 2.80. The molecule has 0 atom stereocenters. The van der Waals surface area contributed by atoms with E-state index in [9.17, 15) is 0 Å². The Hall–Kier alpha value is -0.503. The molecule has 1 heterocycles. The van der Waals surface area contributed by atoms with E-state index in [0.29, 0.717) is 0 Å². The van der Waals surface area contributed by atoms with Gasteiger partial charge in [-0.25, -0.2) is 0 Å². The Labute approximate surface area is 75.8 Å². The first kappa shape index (κ1) is 9.58. The number of furan rings is 1. The molecule has 1 aromatic rings. The summed E-state index contributed by atoms with van der Waals surface area (Å²) in [5.74, 6) is 1.07. The second-order valence-corrected chi connectivity index (χ2v) is 10.2. The highest BCUT2D eigenvalue weighted by atomic mass is 28.3. The number of hydrogen-bond acceptors (Lipinski definition) is 1. The van der Waals surface area contributed by atoms with Gasteiger partial charge in [0, 0.05) is 8.07 Å². The zero-order valence-electron chi connectivity index (χ0n) is 8.69. The monoisotopic (exact) mass is 182 g/mol. The Balaban J connectivity index is 2.83. The minimum atomic E-state index is -0.976. The molecule has 1 rings (SSSR count). The number of rotatable bonds is 2. The van der Waals surface area contributed by atoms with Crippen LogP contribution in [0.5, 0.6) is 0 Å². The minimum absolute atomic E-state index is 0.976. The van der Waals surface area contributed by atoms with Crippen LogP contribution in [0.2, 0.25) is 19.6 Å². The van der Waals surface area contributed by atoms with E-state index in [2.05, 4.69) is 26.6 Å². The molecule has 0 aliphatic carbocycles. The summed E-state index contributed by atoms with van der Waals surface area (Å²) in [5.41, 5.74) is 2.75. The summed E-state index contributed by atoms with van der Waals surface area (Å²) in [6, 6.07) is 1.23. The lowest BCUT2D eigenvalue weighted by molar-refractivity contribution is 0.530. The standard InChI is InChI=1S/C10H18OSi/c1-8-9(2)11-6-10(8)7-12(3,4)5/h6H,7H2,1-5H3. The summed E-state index contributed by atoms with van der Waals surface area (Å²) in [4.78, 5) is 0. The van der Waals surface area contributed by atoms with Gasteiger partial charge in [-0.15, -0.1) is 0 Å². The molecule has 0 aliphatic heterocycles. The van der Waals surface area contributed by atoms with E-state index in [0.717, 1.165) is 5.76 Å². The maximum atomic E-state index is 5.36. The summed E-state index contributed by atoms with van der Waals surface area (Å²) in [6.07, 6.45) is 1.92. The molecule has 0 saturated carbocycles. The Morgan fingerprint density at radius 1 is 1.25 bits per heavy atom. The van der Waals surface area contributed by atoms with Gasteiger partial charge in [-0.1, -0.05) is 19.6 Å². The maximum absolute atomic E-state index is 5.36. The van der Waals surface area contributed by atoms with Gasteiger partial charge in [0.25, 0.3) is 0 Å². The van der Waals surface area contributed by atoms with Gasteiger partial charge in [0.2, 0.25) is 0 Å². The first-order valence-corrected chi connectivity index (χ1v) is 8.14. The Morgan fingerprint density at radius 2 is 1.83 bits per heavy atom. The second-order valence-electron chi connectivity index (χ2n) is 4.68. The average molecular weight is 182 g/mol. The van der Waals surface area contributed by atoms with Crippen molar-refractivity contribution in [3.8, 4) is 0 Å². The van der Waals surface area contributed by atoms with Gasteiger partial charge in [0.1, 0.15) is 5.76 Å². The van der Waals surface area contributed by atoms with Crippen LogP contribution in [0.15, 0.2) is 10.7 Å². The van der Waals surface area contributed by atoms with E-state index in [1.165, 1.54) is 17.2 Å². The van der Waals surface area contributed by atoms with Gasteiger partial charge in [0.05, 0.1) is 6.26 Å². The van der Waals surface area contributed by atoms with Gasteiger partial charge in [-0.3, -0.25) is 0 Å². The summed E-state index contributed by atoms with van der Waals surface area (Å²) in [6.45, 7) is 11.3. The first-order chi connectivity index (χ1) is 5.40. The van der Waals surface area contributed by atoms with Crippen molar-refractivity contribution in [2.24, 2.45) is 0 Å². The third-order valence-electron chi connectivity index (χ3n) is 2.11. The SMILES string of the molecule is Cc1occ(C[Si](C)(C)C)c1C. The normalized spacial score (nSPS) is 12.1. The van der Waals surface area contributed by atoms with E-state index < -0.39 is 8.07 Å². The lowest BCUT2D eigenvalue weighted by Gasteiger charge is -2.14. The van der Waals surface area contributed by atoms with Crippen LogP contribution in [0.25, 0.3) is 0 Å². The molecule has 0 bridgehead atoms. The molecule has 0 radical (unpaired) electrons. The minimum Gasteiger partial charge on any atom is -0.469 e. The molecule has 0 spiro atoms. The van der Waals surface area contributed by atoms with E-state index in [1.807, 2.05) is 13.2 Å². The van der Waals surface area contributed by atoms with E-state index in [1.54, 1.807) is 0 Å². The van der Waals surface area contributed by atoms with Gasteiger partial charge in [0.15, 0.2) is 0 Å². The Kier molecular flexibility index (Phi) is 2.47. The third kappa shape index (κ3) is 2.24. The van der Waals surface area contributed by atoms with Crippen LogP contribution in [0.4, 0.5) is 0 Å². The van der Waals surface area contributed by atoms with Crippen LogP contribution in [-0.4, -0.2) is 8.07 Å². The molecule has 0 unspecified atom stereocenters. The first-order valence-electron chi connectivity index (χ1n) is 4.44. The maximum Gasteiger partial charge on any atom is 0.103 e. The Bertz CT molecular complexity index is 268. The highest BCUT2D eigenvalue weighted by molar-refractivity contribution is 6.75. The predicted octanol–water partition coefficient (Wildman–Crippen LogP) is 3.32. The van der Waals surface area contributed by atoms with E-state index in [-0.39, 0.29) is 0 Å². The zero-order valence-corrected chi connectivity index (χ0v) is 9.69. The lowest BCUT2D eigenvalue weighted by Crippen LogP contribution is -2.23. The molecular formula is C10H18OSi. The van der Waals surface area contributed by atoms with Crippen molar-refractivity contribution >= 4 is 8.07 Å². The van der Waals surface area contributed by atoms with Crippen LogP contribution in [0, 0.1) is 13.8 Å². The van der Waals surface area contributed by atoms with Gasteiger partial charge in [-0.2, -0.15) is 0 Å². The quantitative estimate of drug-likeness (QED) is 0.640. The predicted molar refractivity (Wildman–Crippen MR) is 55.2 cm³/mol. The molecule has 0 saturated heterocycles. The van der Waals surface area contributed by atoms with Crippen LogP contribution in [0.3, 0.4) is 0 Å². The van der Waals surface area contributed by atoms with Crippen LogP contribution in [-0.2, 0) is 6.04 Å². The molecule has 1 aromatic heterocycles. The van der Waals surface area contributed by atoms with Crippen molar-refractivity contribution in [1.82, 2.24) is 0 Å². The van der Waals surface area contributed by atoms with E-state index >= 15 is 0 Å². The third-order valence-corrected chi connectivity index (χ3v) is 3.55. The smallest absolute Gasteiger partial charge is 0.103 e. The molecule has 0 N–H and O–H groups in total. The molecule has 12 heavy (non-hydrogen) atoms. The molecule has 0 aromatic carbocycles. The van der Waals surface area contributed by atoms with Gasteiger partial charge in [-0.05, 0) is 31.0 Å². The molecule has 0 fully saturated rings. The molecule has 0 amide bonds. The fourth-order valence-electron chi connectivity index (χ4n) is 1.31. The van der Waals surface area contributed by atoms with Crippen molar-refractivity contribution in [1.29, 1.82) is 0 Å². The van der Waals surface area contributed by atoms with Crippen molar-refractivity contribution in [3.63, 3.8) is 0 Å². The summed E-state index contributed by atoms with van der Waals surface area (Å²) >= 11 is 0. The molecule has 0 aliphatic rings. The summed E-state index contributed by atoms with van der Waals surface area (Å²) in [7, 11) is -0.976. The second kappa shape index (κ2) is 3.09. The van der Waals surface area contributed by atoms with Crippen LogP contribution in [0.1, 0.15) is 16.9 Å². The topological polar surface area (TPSA) is 13.1 Å². The van der Waals surface area contributed by atoms with Crippen molar-refractivity contribution in [2.45, 2.75) is 39.5 Å². The summed E-state index contributed by atoms with van der Waals surface area (Å²) in [5, 5.41) is 0. The van der Waals surface area contributed by atoms with Crippen molar-refractivity contribution in [3.05, 3.63) is 23.2 Å². The van der Waals surface area contributed by atoms with Crippen LogP contribution < -0.4 is 0 Å². The highest BCUT2D eigenvalue weighted by Gasteiger charge is 2.17. The molecular weight excluding hydrogens is 164 g/mol.